The lowest BCUT2D eigenvalue weighted by atomic mass is 10.2. The summed E-state index contributed by atoms with van der Waals surface area (Å²) in [7, 11) is 0. The molecule has 2 aromatic heterocycles. The third kappa shape index (κ3) is 5.32. The number of halogens is 3. The number of anilines is 1. The molecule has 4 aromatic rings. The molecule has 4 rings (SSSR count). The van der Waals surface area contributed by atoms with Gasteiger partial charge in [0.2, 0.25) is 17.0 Å². The zero-order chi connectivity index (χ0) is 22.5. The molecule has 2 heterocycles. The van der Waals surface area contributed by atoms with Gasteiger partial charge in [0.15, 0.2) is 11.6 Å². The van der Waals surface area contributed by atoms with Crippen molar-refractivity contribution in [1.82, 2.24) is 25.3 Å². The normalized spacial score (nSPS) is 11.0. The largest absolute Gasteiger partial charge is 0.339 e. The lowest BCUT2D eigenvalue weighted by molar-refractivity contribution is -0.116. The van der Waals surface area contributed by atoms with E-state index in [1.807, 2.05) is 0 Å². The standard InChI is InChI=1S/C20H15F3N6O2S/c21-12-4-1-3-11(9-12)19-26-20(28-27-19)32-10-15-24-17(31-29-15)8-7-16(30)25-18-13(22)5-2-6-14(18)23/h1-6,9H,7-8,10H2,(H,25,30)(H,26,27,28). The number of H-pyrrole nitrogens is 1. The highest BCUT2D eigenvalue weighted by Crippen LogP contribution is 2.22. The third-order valence-electron chi connectivity index (χ3n) is 4.20. The van der Waals surface area contributed by atoms with Crippen LogP contribution in [0.5, 0.6) is 0 Å². The number of aromatic nitrogens is 5. The number of carbonyl (C=O) groups is 1. The molecule has 2 N–H and O–H groups in total. The van der Waals surface area contributed by atoms with Crippen LogP contribution in [0.1, 0.15) is 18.1 Å². The van der Waals surface area contributed by atoms with Gasteiger partial charge in [-0.2, -0.15) is 4.98 Å². The summed E-state index contributed by atoms with van der Waals surface area (Å²) in [6.07, 6.45) is 0.00438. The van der Waals surface area contributed by atoms with Crippen LogP contribution in [0.4, 0.5) is 18.9 Å². The summed E-state index contributed by atoms with van der Waals surface area (Å²) in [6.45, 7) is 0. The Bertz CT molecular complexity index is 1230. The average molecular weight is 460 g/mol. The Balaban J connectivity index is 1.28. The number of amides is 1. The second kappa shape index (κ2) is 9.64. The van der Waals surface area contributed by atoms with Crippen LogP contribution in [0.3, 0.4) is 0 Å². The lowest BCUT2D eigenvalue weighted by Crippen LogP contribution is -2.14. The fraction of sp³-hybridized carbons (Fsp3) is 0.150. The number of benzene rings is 2. The molecule has 164 valence electrons. The number of hydrogen-bond acceptors (Lipinski definition) is 7. The molecule has 0 radical (unpaired) electrons. The zero-order valence-electron chi connectivity index (χ0n) is 16.3. The second-order valence-corrected chi connectivity index (χ2v) is 7.46. The fourth-order valence-corrected chi connectivity index (χ4v) is 3.34. The Hall–Kier alpha value is -3.67. The molecule has 0 bridgehead atoms. The van der Waals surface area contributed by atoms with Gasteiger partial charge >= 0.3 is 0 Å². The number of aryl methyl sites for hydroxylation is 1. The Morgan fingerprint density at radius 3 is 2.66 bits per heavy atom. The predicted octanol–water partition coefficient (Wildman–Crippen LogP) is 4.14. The van der Waals surface area contributed by atoms with Gasteiger partial charge in [-0.05, 0) is 24.3 Å². The zero-order valence-corrected chi connectivity index (χ0v) is 17.1. The first-order chi connectivity index (χ1) is 15.5. The minimum atomic E-state index is -0.858. The van der Waals surface area contributed by atoms with E-state index in [2.05, 4.69) is 30.6 Å². The number of nitrogens with zero attached hydrogens (tertiary/aromatic N) is 4. The van der Waals surface area contributed by atoms with Crippen LogP contribution in [-0.4, -0.2) is 31.2 Å². The van der Waals surface area contributed by atoms with Gasteiger partial charge in [-0.15, -0.1) is 5.10 Å². The van der Waals surface area contributed by atoms with E-state index in [-0.39, 0.29) is 24.5 Å². The number of thioether (sulfide) groups is 1. The predicted molar refractivity (Wildman–Crippen MR) is 109 cm³/mol. The molecule has 32 heavy (non-hydrogen) atoms. The second-order valence-electron chi connectivity index (χ2n) is 6.51. The van der Waals surface area contributed by atoms with E-state index in [4.69, 9.17) is 4.52 Å². The summed E-state index contributed by atoms with van der Waals surface area (Å²) in [5.74, 6) is -1.38. The molecule has 0 aliphatic heterocycles. The molecule has 0 saturated heterocycles. The first-order valence-electron chi connectivity index (χ1n) is 9.34. The van der Waals surface area contributed by atoms with Crippen molar-refractivity contribution < 1.29 is 22.5 Å². The van der Waals surface area contributed by atoms with Crippen LogP contribution in [0.15, 0.2) is 52.1 Å². The molecule has 0 aliphatic carbocycles. The first-order valence-corrected chi connectivity index (χ1v) is 10.3. The van der Waals surface area contributed by atoms with Crippen molar-refractivity contribution >= 4 is 23.4 Å². The highest BCUT2D eigenvalue weighted by molar-refractivity contribution is 7.98. The van der Waals surface area contributed by atoms with Crippen LogP contribution in [-0.2, 0) is 17.0 Å². The molecule has 8 nitrogen and oxygen atoms in total. The summed E-state index contributed by atoms with van der Waals surface area (Å²) in [5, 5.41) is 13.2. The highest BCUT2D eigenvalue weighted by Gasteiger charge is 2.15. The van der Waals surface area contributed by atoms with Crippen molar-refractivity contribution in [3.63, 3.8) is 0 Å². The van der Waals surface area contributed by atoms with E-state index in [1.165, 1.54) is 30.0 Å². The SMILES string of the molecule is O=C(CCc1nc(CSc2n[nH]c(-c3cccc(F)c3)n2)no1)Nc1c(F)cccc1F. The van der Waals surface area contributed by atoms with Crippen molar-refractivity contribution in [1.29, 1.82) is 0 Å². The number of hydrogen-bond donors (Lipinski definition) is 2. The van der Waals surface area contributed by atoms with E-state index >= 15 is 0 Å². The van der Waals surface area contributed by atoms with Crippen LogP contribution in [0.2, 0.25) is 0 Å². The molecule has 0 unspecified atom stereocenters. The number of rotatable bonds is 8. The van der Waals surface area contributed by atoms with Crippen molar-refractivity contribution in [2.24, 2.45) is 0 Å². The maximum Gasteiger partial charge on any atom is 0.227 e. The summed E-state index contributed by atoms with van der Waals surface area (Å²) in [6, 6.07) is 9.28. The van der Waals surface area contributed by atoms with Crippen molar-refractivity contribution in [3.05, 3.63) is 71.6 Å². The fourth-order valence-electron chi connectivity index (χ4n) is 2.69. The molecule has 0 fully saturated rings. The number of nitrogens with one attached hydrogen (secondary N) is 2. The molecule has 0 aliphatic rings. The van der Waals surface area contributed by atoms with Gasteiger partial charge in [0.1, 0.15) is 23.1 Å². The van der Waals surface area contributed by atoms with Crippen molar-refractivity contribution in [3.8, 4) is 11.4 Å². The van der Waals surface area contributed by atoms with Crippen molar-refractivity contribution in [2.45, 2.75) is 23.8 Å². The van der Waals surface area contributed by atoms with Crippen LogP contribution >= 0.6 is 11.8 Å². The Morgan fingerprint density at radius 2 is 1.88 bits per heavy atom. The molecular formula is C20H15F3N6O2S. The summed E-state index contributed by atoms with van der Waals surface area (Å²) in [4.78, 5) is 20.4. The summed E-state index contributed by atoms with van der Waals surface area (Å²) in [5.41, 5.74) is 0.0731. The van der Waals surface area contributed by atoms with Crippen LogP contribution < -0.4 is 5.32 Å². The number of carbonyl (C=O) groups excluding carboxylic acids is 1. The maximum atomic E-state index is 13.6. The van der Waals surface area contributed by atoms with Gasteiger partial charge in [-0.3, -0.25) is 9.89 Å². The van der Waals surface area contributed by atoms with Gasteiger partial charge < -0.3 is 9.84 Å². The quantitative estimate of drug-likeness (QED) is 0.381. The van der Waals surface area contributed by atoms with Gasteiger partial charge in [-0.25, -0.2) is 18.2 Å². The van der Waals surface area contributed by atoms with Crippen LogP contribution in [0.25, 0.3) is 11.4 Å². The van der Waals surface area contributed by atoms with E-state index in [0.717, 1.165) is 12.1 Å². The molecule has 0 saturated carbocycles. The minimum absolute atomic E-state index is 0.0968. The molecular weight excluding hydrogens is 445 g/mol. The molecule has 0 spiro atoms. The van der Waals surface area contributed by atoms with E-state index in [9.17, 15) is 18.0 Å². The molecule has 0 atom stereocenters. The Kier molecular flexibility index (Phi) is 6.50. The maximum absolute atomic E-state index is 13.6. The number of aromatic amines is 1. The van der Waals surface area contributed by atoms with Gasteiger partial charge in [-0.1, -0.05) is 35.1 Å². The molecule has 1 amide bonds. The summed E-state index contributed by atoms with van der Waals surface area (Å²) >= 11 is 1.24. The van der Waals surface area contributed by atoms with Gasteiger partial charge in [0.25, 0.3) is 0 Å². The highest BCUT2D eigenvalue weighted by atomic mass is 32.2. The molecule has 2 aromatic carbocycles. The smallest absolute Gasteiger partial charge is 0.227 e. The van der Waals surface area contributed by atoms with Gasteiger partial charge in [0.05, 0.1) is 5.75 Å². The van der Waals surface area contributed by atoms with Crippen LogP contribution in [0, 0.1) is 17.5 Å². The van der Waals surface area contributed by atoms with E-state index in [0.29, 0.717) is 28.1 Å². The third-order valence-corrected chi connectivity index (χ3v) is 5.04. The topological polar surface area (TPSA) is 110 Å². The first kappa shape index (κ1) is 21.6. The van der Waals surface area contributed by atoms with Crippen molar-refractivity contribution in [2.75, 3.05) is 5.32 Å². The molecule has 12 heteroatoms. The Labute approximate surface area is 183 Å². The number of para-hydroxylation sites is 1. The summed E-state index contributed by atoms with van der Waals surface area (Å²) < 4.78 is 45.6. The van der Waals surface area contributed by atoms with E-state index < -0.39 is 23.2 Å². The average Bonchev–Trinajstić information content (AvgIpc) is 3.43. The van der Waals surface area contributed by atoms with E-state index in [1.54, 1.807) is 12.1 Å². The minimum Gasteiger partial charge on any atom is -0.339 e. The van der Waals surface area contributed by atoms with Gasteiger partial charge in [0, 0.05) is 18.4 Å². The lowest BCUT2D eigenvalue weighted by Gasteiger charge is -2.06. The monoisotopic (exact) mass is 460 g/mol. The Morgan fingerprint density at radius 1 is 1.09 bits per heavy atom.